The van der Waals surface area contributed by atoms with Crippen LogP contribution in [0.4, 0.5) is 0 Å². The fraction of sp³-hybridized carbons (Fsp3) is 0.0222. The van der Waals surface area contributed by atoms with Crippen molar-refractivity contribution in [1.29, 1.82) is 0 Å². The Bertz CT molecular complexity index is 2330. The van der Waals surface area contributed by atoms with Crippen molar-refractivity contribution < 1.29 is 4.57 Å². The van der Waals surface area contributed by atoms with Gasteiger partial charge in [0.15, 0.2) is 7.14 Å². The van der Waals surface area contributed by atoms with Crippen molar-refractivity contribution in [2.24, 2.45) is 0 Å². The van der Waals surface area contributed by atoms with Crippen LogP contribution in [0.5, 0.6) is 0 Å². The Balaban J connectivity index is 1.28. The summed E-state index contributed by atoms with van der Waals surface area (Å²) in [4.78, 5) is 0. The Hall–Kier alpha value is -5.49. The molecule has 0 saturated carbocycles. The molecular formula is C45H33OP. The minimum absolute atomic E-state index is 0.836. The summed E-state index contributed by atoms with van der Waals surface area (Å²) in [5.41, 5.74) is 8.33. The van der Waals surface area contributed by atoms with E-state index >= 15 is 4.57 Å². The highest BCUT2D eigenvalue weighted by atomic mass is 31.2. The molecule has 0 atom stereocenters. The van der Waals surface area contributed by atoms with E-state index in [9.17, 15) is 0 Å². The predicted octanol–water partition coefficient (Wildman–Crippen LogP) is 10.9. The van der Waals surface area contributed by atoms with E-state index in [1.807, 2.05) is 72.8 Å². The van der Waals surface area contributed by atoms with Crippen LogP contribution in [0.2, 0.25) is 0 Å². The Kier molecular flexibility index (Phi) is 7.41. The zero-order valence-corrected chi connectivity index (χ0v) is 27.1. The van der Waals surface area contributed by atoms with E-state index in [4.69, 9.17) is 0 Å². The van der Waals surface area contributed by atoms with Crippen molar-refractivity contribution in [2.45, 2.75) is 6.92 Å². The molecule has 0 heterocycles. The molecule has 0 radical (unpaired) electrons. The molecule has 0 amide bonds. The van der Waals surface area contributed by atoms with Gasteiger partial charge < -0.3 is 4.57 Å². The first-order chi connectivity index (χ1) is 23.1. The lowest BCUT2D eigenvalue weighted by Crippen LogP contribution is -2.25. The smallest absolute Gasteiger partial charge is 0.171 e. The maximum absolute atomic E-state index is 15.1. The minimum Gasteiger partial charge on any atom is -0.309 e. The van der Waals surface area contributed by atoms with Crippen LogP contribution in [0.3, 0.4) is 0 Å². The zero-order chi connectivity index (χ0) is 31.8. The third-order valence-corrected chi connectivity index (χ3v) is 12.3. The molecule has 0 aliphatic rings. The van der Waals surface area contributed by atoms with Gasteiger partial charge in [0.25, 0.3) is 0 Å². The fourth-order valence-corrected chi connectivity index (χ4v) is 9.76. The van der Waals surface area contributed by atoms with Gasteiger partial charge in [0.05, 0.1) is 0 Å². The summed E-state index contributed by atoms with van der Waals surface area (Å²) >= 11 is 0. The van der Waals surface area contributed by atoms with Crippen LogP contribution in [-0.2, 0) is 4.57 Å². The van der Waals surface area contributed by atoms with E-state index in [0.717, 1.165) is 27.0 Å². The van der Waals surface area contributed by atoms with Crippen molar-refractivity contribution in [1.82, 2.24) is 0 Å². The van der Waals surface area contributed by atoms with Crippen LogP contribution in [0, 0.1) is 6.92 Å². The summed E-state index contributed by atoms with van der Waals surface area (Å²) in [6.07, 6.45) is 0. The number of hydrogen-bond acceptors (Lipinski definition) is 1. The summed E-state index contributed by atoms with van der Waals surface area (Å²) < 4.78 is 15.1. The van der Waals surface area contributed by atoms with E-state index in [2.05, 4.69) is 116 Å². The van der Waals surface area contributed by atoms with Crippen LogP contribution >= 0.6 is 7.14 Å². The number of fused-ring (bicyclic) bond motifs is 2. The van der Waals surface area contributed by atoms with E-state index < -0.39 is 7.14 Å². The highest BCUT2D eigenvalue weighted by molar-refractivity contribution is 7.85. The molecule has 8 aromatic rings. The largest absolute Gasteiger partial charge is 0.309 e. The molecule has 2 heteroatoms. The molecule has 0 N–H and O–H groups in total. The molecule has 1 nitrogen and oxygen atoms in total. The summed E-state index contributed by atoms with van der Waals surface area (Å²) in [6, 6.07) is 63.1. The summed E-state index contributed by atoms with van der Waals surface area (Å²) in [7, 11) is -3.08. The highest BCUT2D eigenvalue weighted by Gasteiger charge is 2.29. The van der Waals surface area contributed by atoms with Crippen LogP contribution in [0.25, 0.3) is 54.9 Å². The molecule has 0 bridgehead atoms. The predicted molar refractivity (Wildman–Crippen MR) is 202 cm³/mol. The minimum atomic E-state index is -3.08. The van der Waals surface area contributed by atoms with Gasteiger partial charge in [-0.25, -0.2) is 0 Å². The number of hydrogen-bond donors (Lipinski definition) is 0. The lowest BCUT2D eigenvalue weighted by molar-refractivity contribution is 0.592. The molecule has 0 aromatic heterocycles. The van der Waals surface area contributed by atoms with Crippen molar-refractivity contribution >= 4 is 44.6 Å². The van der Waals surface area contributed by atoms with Crippen LogP contribution < -0.4 is 15.9 Å². The molecule has 0 saturated heterocycles. The molecule has 8 aromatic carbocycles. The molecule has 0 aliphatic heterocycles. The molecule has 224 valence electrons. The van der Waals surface area contributed by atoms with Gasteiger partial charge in [-0.2, -0.15) is 0 Å². The second kappa shape index (κ2) is 12.0. The third-order valence-electron chi connectivity index (χ3n) is 9.27. The van der Waals surface area contributed by atoms with E-state index in [1.54, 1.807) is 0 Å². The van der Waals surface area contributed by atoms with Gasteiger partial charge in [0.2, 0.25) is 0 Å². The summed E-state index contributed by atoms with van der Waals surface area (Å²) in [6.45, 7) is 2.20. The molecule has 0 spiro atoms. The van der Waals surface area contributed by atoms with Gasteiger partial charge in [-0.05, 0) is 73.5 Å². The SMILES string of the molecule is Cc1cc(-c2cccc(P(=O)(c3ccccc3)c3ccccc3)c2)ccc1-c1c2ccccc2c(-c2ccccc2)c2ccccc12. The second-order valence-electron chi connectivity index (χ2n) is 12.1. The average Bonchev–Trinajstić information content (AvgIpc) is 3.15. The van der Waals surface area contributed by atoms with E-state index in [-0.39, 0.29) is 0 Å². The quantitative estimate of drug-likeness (QED) is 0.134. The monoisotopic (exact) mass is 620 g/mol. The second-order valence-corrected chi connectivity index (χ2v) is 14.8. The van der Waals surface area contributed by atoms with E-state index in [1.165, 1.54) is 49.4 Å². The first kappa shape index (κ1) is 28.9. The van der Waals surface area contributed by atoms with Crippen LogP contribution in [0.1, 0.15) is 5.56 Å². The average molecular weight is 621 g/mol. The van der Waals surface area contributed by atoms with Crippen molar-refractivity contribution in [3.8, 4) is 33.4 Å². The maximum atomic E-state index is 15.1. The highest BCUT2D eigenvalue weighted by Crippen LogP contribution is 2.46. The standard InChI is InChI=1S/C45H33OP/c1-32-30-35(34-18-15-23-38(31-34)47(46,36-19-7-3-8-20-36)37-21-9-4-10-22-37)28-29-39(32)45-42-26-13-11-24-40(42)44(33-16-5-2-6-17-33)41-25-12-14-27-43(41)45/h2-31H,1H3. The lowest BCUT2D eigenvalue weighted by Gasteiger charge is -2.21. The molecule has 0 unspecified atom stereocenters. The van der Waals surface area contributed by atoms with Gasteiger partial charge in [-0.15, -0.1) is 0 Å². The van der Waals surface area contributed by atoms with Gasteiger partial charge >= 0.3 is 0 Å². The molecule has 8 rings (SSSR count). The Morgan fingerprint density at radius 3 is 1.32 bits per heavy atom. The van der Waals surface area contributed by atoms with Crippen LogP contribution in [-0.4, -0.2) is 0 Å². The van der Waals surface area contributed by atoms with Gasteiger partial charge in [0, 0.05) is 15.9 Å². The first-order valence-corrected chi connectivity index (χ1v) is 17.8. The lowest BCUT2D eigenvalue weighted by atomic mass is 9.84. The van der Waals surface area contributed by atoms with Gasteiger partial charge in [-0.1, -0.05) is 176 Å². The van der Waals surface area contributed by atoms with Crippen molar-refractivity contribution in [3.63, 3.8) is 0 Å². The molecular weight excluding hydrogens is 587 g/mol. The Morgan fingerprint density at radius 2 is 0.787 bits per heavy atom. The van der Waals surface area contributed by atoms with Crippen molar-refractivity contribution in [2.75, 3.05) is 0 Å². The van der Waals surface area contributed by atoms with Crippen LogP contribution in [0.15, 0.2) is 182 Å². The van der Waals surface area contributed by atoms with Gasteiger partial charge in [0.1, 0.15) is 0 Å². The third kappa shape index (κ3) is 5.01. The fourth-order valence-electron chi connectivity index (χ4n) is 7.06. The van der Waals surface area contributed by atoms with Gasteiger partial charge in [-0.3, -0.25) is 0 Å². The maximum Gasteiger partial charge on any atom is 0.171 e. The topological polar surface area (TPSA) is 17.1 Å². The van der Waals surface area contributed by atoms with E-state index in [0.29, 0.717) is 0 Å². The summed E-state index contributed by atoms with van der Waals surface area (Å²) in [5, 5.41) is 7.51. The first-order valence-electron chi connectivity index (χ1n) is 16.0. The van der Waals surface area contributed by atoms with Crippen molar-refractivity contribution in [3.05, 3.63) is 188 Å². The Morgan fingerprint density at radius 1 is 0.362 bits per heavy atom. The molecule has 0 fully saturated rings. The summed E-state index contributed by atoms with van der Waals surface area (Å²) in [5.74, 6) is 0. The normalized spacial score (nSPS) is 11.6. The molecule has 0 aliphatic carbocycles. The number of rotatable bonds is 6. The number of aryl methyl sites for hydroxylation is 1. The molecule has 47 heavy (non-hydrogen) atoms. The Labute approximate surface area is 276 Å². The zero-order valence-electron chi connectivity index (χ0n) is 26.2. The number of benzene rings is 8.